The van der Waals surface area contributed by atoms with Crippen molar-refractivity contribution in [2.24, 2.45) is 0 Å². The summed E-state index contributed by atoms with van der Waals surface area (Å²) in [7, 11) is 0. The first-order valence-electron chi connectivity index (χ1n) is 5.94. The molecule has 2 N–H and O–H groups in total. The van der Waals surface area contributed by atoms with E-state index in [1.54, 1.807) is 11.8 Å². The SMILES string of the molecule is O=C(O)[C@@H]1CSC2(CCCc3ccccc32)N1. The van der Waals surface area contributed by atoms with Gasteiger partial charge in [0.25, 0.3) is 0 Å². The van der Waals surface area contributed by atoms with Crippen molar-refractivity contribution in [3.8, 4) is 0 Å². The van der Waals surface area contributed by atoms with Gasteiger partial charge in [-0.2, -0.15) is 0 Å². The van der Waals surface area contributed by atoms with Crippen molar-refractivity contribution < 1.29 is 9.90 Å². The number of carboxylic acid groups (broad SMARTS) is 1. The fourth-order valence-corrected chi connectivity index (χ4v) is 4.36. The summed E-state index contributed by atoms with van der Waals surface area (Å²) in [5.41, 5.74) is 2.66. The highest BCUT2D eigenvalue weighted by Gasteiger charge is 2.45. The fourth-order valence-electron chi connectivity index (χ4n) is 2.82. The van der Waals surface area contributed by atoms with Crippen molar-refractivity contribution in [1.29, 1.82) is 0 Å². The molecule has 0 amide bonds. The maximum absolute atomic E-state index is 11.1. The number of rotatable bonds is 1. The highest BCUT2D eigenvalue weighted by molar-refractivity contribution is 8.00. The van der Waals surface area contributed by atoms with Gasteiger partial charge in [-0.1, -0.05) is 24.3 Å². The molecule has 0 saturated carbocycles. The molecule has 2 aliphatic rings. The average Bonchev–Trinajstić information content (AvgIpc) is 2.75. The summed E-state index contributed by atoms with van der Waals surface area (Å²) >= 11 is 1.75. The van der Waals surface area contributed by atoms with Gasteiger partial charge >= 0.3 is 5.97 Å². The number of carboxylic acids is 1. The summed E-state index contributed by atoms with van der Waals surface area (Å²) in [6.07, 6.45) is 3.26. The minimum Gasteiger partial charge on any atom is -0.480 e. The number of aryl methyl sites for hydroxylation is 1. The zero-order valence-electron chi connectivity index (χ0n) is 9.48. The van der Waals surface area contributed by atoms with Crippen LogP contribution in [0.3, 0.4) is 0 Å². The van der Waals surface area contributed by atoms with Crippen LogP contribution in [0.2, 0.25) is 0 Å². The van der Waals surface area contributed by atoms with Crippen LogP contribution in [0.1, 0.15) is 24.0 Å². The number of thioether (sulfide) groups is 1. The Morgan fingerprint density at radius 3 is 3.06 bits per heavy atom. The van der Waals surface area contributed by atoms with Crippen LogP contribution >= 0.6 is 11.8 Å². The Labute approximate surface area is 105 Å². The van der Waals surface area contributed by atoms with Gasteiger partial charge in [-0.15, -0.1) is 11.8 Å². The lowest BCUT2D eigenvalue weighted by molar-refractivity contribution is -0.138. The van der Waals surface area contributed by atoms with Crippen molar-refractivity contribution in [3.05, 3.63) is 35.4 Å². The highest BCUT2D eigenvalue weighted by Crippen LogP contribution is 2.47. The van der Waals surface area contributed by atoms with Gasteiger partial charge in [0, 0.05) is 5.75 Å². The lowest BCUT2D eigenvalue weighted by Crippen LogP contribution is -2.44. The number of aliphatic carboxylic acids is 1. The van der Waals surface area contributed by atoms with Crippen molar-refractivity contribution >= 4 is 17.7 Å². The van der Waals surface area contributed by atoms with Crippen LogP contribution in [0.5, 0.6) is 0 Å². The molecule has 3 rings (SSSR count). The van der Waals surface area contributed by atoms with Crippen molar-refractivity contribution in [3.63, 3.8) is 0 Å². The maximum atomic E-state index is 11.1. The Kier molecular flexibility index (Phi) is 2.64. The first kappa shape index (κ1) is 11.1. The summed E-state index contributed by atoms with van der Waals surface area (Å²) in [6, 6.07) is 7.99. The lowest BCUT2D eigenvalue weighted by atomic mass is 9.87. The second-order valence-electron chi connectivity index (χ2n) is 4.68. The first-order chi connectivity index (χ1) is 8.21. The Morgan fingerprint density at radius 2 is 2.29 bits per heavy atom. The molecular weight excluding hydrogens is 234 g/mol. The smallest absolute Gasteiger partial charge is 0.321 e. The molecule has 1 unspecified atom stereocenters. The monoisotopic (exact) mass is 249 g/mol. The predicted octanol–water partition coefficient (Wildman–Crippen LogP) is 1.97. The topological polar surface area (TPSA) is 49.3 Å². The number of carbonyl (C=O) groups is 1. The fraction of sp³-hybridized carbons (Fsp3) is 0.462. The predicted molar refractivity (Wildman–Crippen MR) is 68.1 cm³/mol. The third-order valence-electron chi connectivity index (χ3n) is 3.63. The van der Waals surface area contributed by atoms with Crippen LogP contribution in [0.4, 0.5) is 0 Å². The largest absolute Gasteiger partial charge is 0.480 e. The molecule has 1 saturated heterocycles. The van der Waals surface area contributed by atoms with E-state index in [9.17, 15) is 4.79 Å². The molecule has 3 nitrogen and oxygen atoms in total. The van der Waals surface area contributed by atoms with Gasteiger partial charge in [0.05, 0.1) is 4.87 Å². The summed E-state index contributed by atoms with van der Waals surface area (Å²) < 4.78 is 0. The zero-order valence-corrected chi connectivity index (χ0v) is 10.3. The molecule has 2 atom stereocenters. The molecule has 1 spiro atoms. The molecule has 1 heterocycles. The van der Waals surface area contributed by atoms with E-state index in [0.717, 1.165) is 19.3 Å². The third-order valence-corrected chi connectivity index (χ3v) is 5.16. The Morgan fingerprint density at radius 1 is 1.47 bits per heavy atom. The van der Waals surface area contributed by atoms with Crippen LogP contribution in [0.15, 0.2) is 24.3 Å². The maximum Gasteiger partial charge on any atom is 0.321 e. The third kappa shape index (κ3) is 1.76. The van der Waals surface area contributed by atoms with Gasteiger partial charge in [0.15, 0.2) is 0 Å². The number of hydrogen-bond acceptors (Lipinski definition) is 3. The van der Waals surface area contributed by atoms with E-state index in [4.69, 9.17) is 5.11 Å². The van der Waals surface area contributed by atoms with E-state index < -0.39 is 12.0 Å². The number of nitrogens with one attached hydrogen (secondary N) is 1. The normalized spacial score (nSPS) is 31.4. The van der Waals surface area contributed by atoms with E-state index in [1.807, 2.05) is 6.07 Å². The molecule has 1 aliphatic carbocycles. The minimum absolute atomic E-state index is 0.155. The average molecular weight is 249 g/mol. The zero-order chi connectivity index (χ0) is 11.9. The van der Waals surface area contributed by atoms with Crippen molar-refractivity contribution in [1.82, 2.24) is 5.32 Å². The highest BCUT2D eigenvalue weighted by atomic mass is 32.2. The number of fused-ring (bicyclic) bond motifs is 2. The first-order valence-corrected chi connectivity index (χ1v) is 6.93. The second kappa shape index (κ2) is 4.03. The molecule has 0 radical (unpaired) electrons. The molecular formula is C13H15NO2S. The standard InChI is InChI=1S/C13H15NO2S/c15-12(16)11-8-17-13(14-11)7-3-5-9-4-1-2-6-10(9)13/h1-2,4,6,11,14H,3,5,7-8H2,(H,15,16)/t11-,13?/m0/s1. The van der Waals surface area contributed by atoms with Crippen LogP contribution in [-0.2, 0) is 16.1 Å². The van der Waals surface area contributed by atoms with Gasteiger partial charge in [-0.25, -0.2) is 0 Å². The molecule has 1 aromatic rings. The van der Waals surface area contributed by atoms with Gasteiger partial charge < -0.3 is 5.11 Å². The van der Waals surface area contributed by atoms with Gasteiger partial charge in [0.2, 0.25) is 0 Å². The molecule has 1 aromatic carbocycles. The number of hydrogen-bond donors (Lipinski definition) is 2. The van der Waals surface area contributed by atoms with E-state index in [0.29, 0.717) is 5.75 Å². The van der Waals surface area contributed by atoms with Crippen LogP contribution in [0.25, 0.3) is 0 Å². The molecule has 1 fully saturated rings. The van der Waals surface area contributed by atoms with Gasteiger partial charge in [-0.05, 0) is 30.4 Å². The van der Waals surface area contributed by atoms with E-state index in [-0.39, 0.29) is 4.87 Å². The Balaban J connectivity index is 1.98. The number of benzene rings is 1. The Bertz CT molecular complexity index is 462. The Hall–Kier alpha value is -1.00. The van der Waals surface area contributed by atoms with Crippen LogP contribution < -0.4 is 5.32 Å². The van der Waals surface area contributed by atoms with Gasteiger partial charge in [-0.3, -0.25) is 10.1 Å². The van der Waals surface area contributed by atoms with Crippen LogP contribution in [0, 0.1) is 0 Å². The quantitative estimate of drug-likeness (QED) is 0.799. The van der Waals surface area contributed by atoms with E-state index in [1.165, 1.54) is 11.1 Å². The van der Waals surface area contributed by atoms with Gasteiger partial charge in [0.1, 0.15) is 6.04 Å². The molecule has 0 bridgehead atoms. The summed E-state index contributed by atoms with van der Waals surface area (Å²) in [4.78, 5) is 10.9. The molecule has 1 aliphatic heterocycles. The summed E-state index contributed by atoms with van der Waals surface area (Å²) in [5, 5.41) is 12.4. The second-order valence-corrected chi connectivity index (χ2v) is 6.00. The molecule has 17 heavy (non-hydrogen) atoms. The summed E-state index contributed by atoms with van der Waals surface area (Å²) in [5.74, 6) is -0.0821. The van der Waals surface area contributed by atoms with E-state index in [2.05, 4.69) is 23.5 Å². The van der Waals surface area contributed by atoms with Crippen molar-refractivity contribution in [2.45, 2.75) is 30.2 Å². The summed E-state index contributed by atoms with van der Waals surface area (Å²) in [6.45, 7) is 0. The molecule has 0 aromatic heterocycles. The molecule has 90 valence electrons. The van der Waals surface area contributed by atoms with Crippen molar-refractivity contribution in [2.75, 3.05) is 5.75 Å². The minimum atomic E-state index is -0.738. The van der Waals surface area contributed by atoms with Crippen LogP contribution in [-0.4, -0.2) is 22.9 Å². The van der Waals surface area contributed by atoms with E-state index >= 15 is 0 Å². The molecule has 4 heteroatoms. The lowest BCUT2D eigenvalue weighted by Gasteiger charge is -2.35.